The highest BCUT2D eigenvalue weighted by molar-refractivity contribution is 5.69. The van der Waals surface area contributed by atoms with Crippen molar-refractivity contribution in [3.63, 3.8) is 0 Å². The maximum atomic E-state index is 11.2. The van der Waals surface area contributed by atoms with Crippen molar-refractivity contribution >= 4 is 5.97 Å². The second-order valence-corrected chi connectivity index (χ2v) is 5.37. The van der Waals surface area contributed by atoms with E-state index in [-0.39, 0.29) is 5.97 Å². The second-order valence-electron chi connectivity index (χ2n) is 5.37. The molecule has 0 bridgehead atoms. The number of methoxy groups -OCH3 is 1. The summed E-state index contributed by atoms with van der Waals surface area (Å²) in [5.74, 6) is 0.708. The molecule has 4 heteroatoms. The molecule has 0 saturated carbocycles. The Hall–Kier alpha value is -0.610. The number of nitrogens with zero attached hydrogens (tertiary/aromatic N) is 2. The van der Waals surface area contributed by atoms with Crippen LogP contribution in [0.3, 0.4) is 0 Å². The van der Waals surface area contributed by atoms with Gasteiger partial charge in [0.2, 0.25) is 0 Å². The maximum absolute atomic E-state index is 11.2. The molecule has 0 aromatic heterocycles. The fraction of sp³-hybridized carbons (Fsp3) is 0.923. The number of likely N-dealkylation sites (tertiary alicyclic amines) is 1. The Balaban J connectivity index is 2.28. The lowest BCUT2D eigenvalue weighted by Crippen LogP contribution is -2.42. The third kappa shape index (κ3) is 5.04. The number of ether oxygens (including phenoxy) is 1. The van der Waals surface area contributed by atoms with Gasteiger partial charge in [0.1, 0.15) is 0 Å². The van der Waals surface area contributed by atoms with E-state index in [0.29, 0.717) is 12.5 Å². The van der Waals surface area contributed by atoms with Crippen molar-refractivity contribution in [1.82, 2.24) is 9.80 Å². The topological polar surface area (TPSA) is 32.8 Å². The van der Waals surface area contributed by atoms with Gasteiger partial charge < -0.3 is 14.5 Å². The van der Waals surface area contributed by atoms with E-state index in [0.717, 1.165) is 19.0 Å². The van der Waals surface area contributed by atoms with Gasteiger partial charge >= 0.3 is 5.97 Å². The van der Waals surface area contributed by atoms with Gasteiger partial charge in [-0.05, 0) is 52.9 Å². The predicted molar refractivity (Wildman–Crippen MR) is 68.9 cm³/mol. The van der Waals surface area contributed by atoms with Gasteiger partial charge in [-0.25, -0.2) is 0 Å². The molecule has 1 aliphatic heterocycles. The van der Waals surface area contributed by atoms with Crippen molar-refractivity contribution in [2.75, 3.05) is 40.8 Å². The summed E-state index contributed by atoms with van der Waals surface area (Å²) < 4.78 is 4.71. The molecule has 17 heavy (non-hydrogen) atoms. The molecule has 0 aliphatic carbocycles. The Morgan fingerprint density at radius 3 is 2.47 bits per heavy atom. The van der Waals surface area contributed by atoms with Gasteiger partial charge in [-0.1, -0.05) is 0 Å². The highest BCUT2D eigenvalue weighted by Gasteiger charge is 2.24. The number of hydrogen-bond acceptors (Lipinski definition) is 4. The lowest BCUT2D eigenvalue weighted by atomic mass is 9.95. The molecule has 1 atom stereocenters. The average molecular weight is 242 g/mol. The van der Waals surface area contributed by atoms with Gasteiger partial charge in [0.15, 0.2) is 0 Å². The van der Waals surface area contributed by atoms with Crippen LogP contribution in [-0.2, 0) is 9.53 Å². The fourth-order valence-electron chi connectivity index (χ4n) is 2.55. The molecular weight excluding hydrogens is 216 g/mol. The van der Waals surface area contributed by atoms with E-state index in [1.165, 1.54) is 26.5 Å². The molecule has 1 heterocycles. The predicted octanol–water partition coefficient (Wildman–Crippen LogP) is 1.21. The normalized spacial score (nSPS) is 20.5. The minimum absolute atomic E-state index is 0.104. The molecule has 1 fully saturated rings. The van der Waals surface area contributed by atoms with Crippen molar-refractivity contribution < 1.29 is 9.53 Å². The first-order valence-corrected chi connectivity index (χ1v) is 6.48. The summed E-state index contributed by atoms with van der Waals surface area (Å²) in [5.41, 5.74) is 0. The van der Waals surface area contributed by atoms with E-state index in [1.54, 1.807) is 0 Å². The SMILES string of the molecule is COC(=O)CC(C)N1CCC(CN(C)C)CC1. The molecule has 0 N–H and O–H groups in total. The molecule has 0 radical (unpaired) electrons. The first-order valence-electron chi connectivity index (χ1n) is 6.48. The number of rotatable bonds is 5. The highest BCUT2D eigenvalue weighted by atomic mass is 16.5. The van der Waals surface area contributed by atoms with Crippen LogP contribution in [0.15, 0.2) is 0 Å². The highest BCUT2D eigenvalue weighted by Crippen LogP contribution is 2.20. The fourth-order valence-corrected chi connectivity index (χ4v) is 2.55. The molecule has 1 aliphatic rings. The van der Waals surface area contributed by atoms with Crippen molar-refractivity contribution in [1.29, 1.82) is 0 Å². The van der Waals surface area contributed by atoms with Crippen molar-refractivity contribution in [2.24, 2.45) is 5.92 Å². The molecule has 0 aromatic rings. The molecule has 0 amide bonds. The molecular formula is C13H26N2O2. The van der Waals surface area contributed by atoms with Crippen LogP contribution in [0, 0.1) is 5.92 Å². The van der Waals surface area contributed by atoms with Crippen LogP contribution in [0.2, 0.25) is 0 Å². The number of esters is 1. The molecule has 0 aromatic carbocycles. The van der Waals surface area contributed by atoms with Crippen molar-refractivity contribution in [3.05, 3.63) is 0 Å². The molecule has 1 rings (SSSR count). The van der Waals surface area contributed by atoms with Crippen LogP contribution in [0.25, 0.3) is 0 Å². The zero-order valence-electron chi connectivity index (χ0n) is 11.6. The van der Waals surface area contributed by atoms with E-state index in [1.807, 2.05) is 0 Å². The summed E-state index contributed by atoms with van der Waals surface area (Å²) in [7, 11) is 5.72. The number of piperidine rings is 1. The average Bonchev–Trinajstić information content (AvgIpc) is 2.28. The Labute approximate surface area is 105 Å². The van der Waals surface area contributed by atoms with Gasteiger partial charge in [-0.2, -0.15) is 0 Å². The van der Waals surface area contributed by atoms with Crippen LogP contribution < -0.4 is 0 Å². The van der Waals surface area contributed by atoms with Crippen LogP contribution in [0.4, 0.5) is 0 Å². The summed E-state index contributed by atoms with van der Waals surface area (Å²) >= 11 is 0. The Bertz CT molecular complexity index is 236. The van der Waals surface area contributed by atoms with E-state index >= 15 is 0 Å². The van der Waals surface area contributed by atoms with Gasteiger partial charge in [-0.3, -0.25) is 4.79 Å². The zero-order chi connectivity index (χ0) is 12.8. The first kappa shape index (κ1) is 14.5. The van der Waals surface area contributed by atoms with Crippen LogP contribution in [0.5, 0.6) is 0 Å². The summed E-state index contributed by atoms with van der Waals surface area (Å²) in [6.45, 7) is 5.51. The molecule has 1 saturated heterocycles. The molecule has 4 nitrogen and oxygen atoms in total. The van der Waals surface area contributed by atoms with E-state index < -0.39 is 0 Å². The van der Waals surface area contributed by atoms with Crippen LogP contribution in [0.1, 0.15) is 26.2 Å². The molecule has 100 valence electrons. The monoisotopic (exact) mass is 242 g/mol. The number of hydrogen-bond donors (Lipinski definition) is 0. The summed E-state index contributed by atoms with van der Waals surface area (Å²) in [5, 5.41) is 0. The Kier molecular flexibility index (Phi) is 5.92. The number of carbonyl (C=O) groups excluding carboxylic acids is 1. The summed E-state index contributed by atoms with van der Waals surface area (Å²) in [6.07, 6.45) is 2.99. The Morgan fingerprint density at radius 1 is 1.41 bits per heavy atom. The van der Waals surface area contributed by atoms with E-state index in [2.05, 4.69) is 30.8 Å². The standard InChI is InChI=1S/C13H26N2O2/c1-11(9-13(16)17-4)15-7-5-12(6-8-15)10-14(2)3/h11-12H,5-10H2,1-4H3. The lowest BCUT2D eigenvalue weighted by Gasteiger charge is -2.36. The molecule has 0 spiro atoms. The maximum Gasteiger partial charge on any atom is 0.307 e. The van der Waals surface area contributed by atoms with Crippen LogP contribution >= 0.6 is 0 Å². The summed E-state index contributed by atoms with van der Waals surface area (Å²) in [4.78, 5) is 15.9. The Morgan fingerprint density at radius 2 is 2.00 bits per heavy atom. The smallest absolute Gasteiger partial charge is 0.307 e. The van der Waals surface area contributed by atoms with Gasteiger partial charge in [0, 0.05) is 12.6 Å². The minimum atomic E-state index is -0.104. The largest absolute Gasteiger partial charge is 0.469 e. The van der Waals surface area contributed by atoms with Crippen LogP contribution in [-0.4, -0.2) is 62.7 Å². The van der Waals surface area contributed by atoms with Crippen molar-refractivity contribution in [3.8, 4) is 0 Å². The third-order valence-electron chi connectivity index (χ3n) is 3.59. The van der Waals surface area contributed by atoms with E-state index in [9.17, 15) is 4.79 Å². The zero-order valence-corrected chi connectivity index (χ0v) is 11.6. The van der Waals surface area contributed by atoms with Crippen molar-refractivity contribution in [2.45, 2.75) is 32.2 Å². The van der Waals surface area contributed by atoms with Gasteiger partial charge in [0.05, 0.1) is 13.5 Å². The molecule has 1 unspecified atom stereocenters. The van der Waals surface area contributed by atoms with Gasteiger partial charge in [0.25, 0.3) is 0 Å². The first-order chi connectivity index (χ1) is 8.02. The van der Waals surface area contributed by atoms with Gasteiger partial charge in [-0.15, -0.1) is 0 Å². The summed E-state index contributed by atoms with van der Waals surface area (Å²) in [6, 6.07) is 0.308. The number of carbonyl (C=O) groups is 1. The second kappa shape index (κ2) is 6.97. The minimum Gasteiger partial charge on any atom is -0.469 e. The third-order valence-corrected chi connectivity index (χ3v) is 3.59. The lowest BCUT2D eigenvalue weighted by molar-refractivity contribution is -0.142. The quantitative estimate of drug-likeness (QED) is 0.679. The van der Waals surface area contributed by atoms with E-state index in [4.69, 9.17) is 4.74 Å².